The van der Waals surface area contributed by atoms with Gasteiger partial charge in [-0.05, 0) is 63.3 Å². The lowest BCUT2D eigenvalue weighted by Crippen LogP contribution is -2.44. The van der Waals surface area contributed by atoms with E-state index < -0.39 is 0 Å². The molecule has 2 amide bonds. The molecule has 1 fully saturated rings. The molecule has 18 heavy (non-hydrogen) atoms. The van der Waals surface area contributed by atoms with E-state index in [4.69, 9.17) is 0 Å². The Balaban J connectivity index is 2.04. The lowest BCUT2D eigenvalue weighted by molar-refractivity contribution is 0.170. The van der Waals surface area contributed by atoms with Crippen LogP contribution in [0.15, 0.2) is 18.2 Å². The normalized spacial score (nSPS) is 19.7. The minimum Gasteiger partial charge on any atom is -0.322 e. The van der Waals surface area contributed by atoms with Crippen molar-refractivity contribution < 1.29 is 4.79 Å². The number of benzene rings is 1. The molecule has 1 saturated heterocycles. The van der Waals surface area contributed by atoms with E-state index in [9.17, 15) is 4.79 Å². The molecule has 0 saturated carbocycles. The Bertz CT molecular complexity index is 442. The number of amides is 2. The highest BCUT2D eigenvalue weighted by atomic mass is 16.2. The quantitative estimate of drug-likeness (QED) is 0.805. The van der Waals surface area contributed by atoms with Crippen LogP contribution in [0.1, 0.15) is 37.3 Å². The van der Waals surface area contributed by atoms with Gasteiger partial charge in [0.15, 0.2) is 0 Å². The summed E-state index contributed by atoms with van der Waals surface area (Å²) >= 11 is 0. The molecule has 1 atom stereocenters. The molecule has 0 aromatic heterocycles. The van der Waals surface area contributed by atoms with Crippen LogP contribution in [0.5, 0.6) is 0 Å². The topological polar surface area (TPSA) is 32.3 Å². The summed E-state index contributed by atoms with van der Waals surface area (Å²) in [5.74, 6) is 0. The zero-order valence-electron chi connectivity index (χ0n) is 11.5. The summed E-state index contributed by atoms with van der Waals surface area (Å²) in [6.45, 7) is 7.14. The van der Waals surface area contributed by atoms with Gasteiger partial charge in [-0.3, -0.25) is 0 Å². The van der Waals surface area contributed by atoms with E-state index in [1.54, 1.807) is 0 Å². The van der Waals surface area contributed by atoms with E-state index in [0.717, 1.165) is 25.1 Å². The molecular weight excluding hydrogens is 224 g/mol. The minimum atomic E-state index is 0.0328. The molecule has 1 aromatic rings. The van der Waals surface area contributed by atoms with Gasteiger partial charge in [0, 0.05) is 18.3 Å². The number of hydrogen-bond acceptors (Lipinski definition) is 1. The van der Waals surface area contributed by atoms with Gasteiger partial charge in [-0.25, -0.2) is 4.79 Å². The molecule has 1 N–H and O–H groups in total. The average molecular weight is 246 g/mol. The number of aryl methyl sites for hydroxylation is 2. The standard InChI is InChI=1S/C15H22N2O/c1-11-7-8-14(10-12(11)2)16-15(18)17-9-5-4-6-13(17)3/h7-8,10,13H,4-6,9H2,1-3H3,(H,16,18). The second-order valence-electron chi connectivity index (χ2n) is 5.27. The van der Waals surface area contributed by atoms with Gasteiger partial charge in [0.2, 0.25) is 0 Å². The molecule has 1 aromatic carbocycles. The van der Waals surface area contributed by atoms with Crippen molar-refractivity contribution in [2.45, 2.75) is 46.1 Å². The number of carbonyl (C=O) groups is 1. The van der Waals surface area contributed by atoms with Crippen molar-refractivity contribution in [3.8, 4) is 0 Å². The monoisotopic (exact) mass is 246 g/mol. The molecule has 1 aliphatic rings. The van der Waals surface area contributed by atoms with Crippen LogP contribution in [0.25, 0.3) is 0 Å². The van der Waals surface area contributed by atoms with Crippen molar-refractivity contribution in [3.05, 3.63) is 29.3 Å². The molecule has 0 aliphatic carbocycles. The number of nitrogens with zero attached hydrogens (tertiary/aromatic N) is 1. The van der Waals surface area contributed by atoms with E-state index in [1.165, 1.54) is 17.5 Å². The van der Waals surface area contributed by atoms with Crippen LogP contribution in [-0.2, 0) is 0 Å². The maximum Gasteiger partial charge on any atom is 0.322 e. The Morgan fingerprint density at radius 1 is 1.28 bits per heavy atom. The first-order valence-corrected chi connectivity index (χ1v) is 6.73. The lowest BCUT2D eigenvalue weighted by atomic mass is 10.0. The number of likely N-dealkylation sites (tertiary alicyclic amines) is 1. The Hall–Kier alpha value is -1.51. The maximum atomic E-state index is 12.2. The highest BCUT2D eigenvalue weighted by molar-refractivity contribution is 5.89. The molecule has 3 heteroatoms. The molecule has 2 rings (SSSR count). The number of hydrogen-bond donors (Lipinski definition) is 1. The Morgan fingerprint density at radius 2 is 2.06 bits per heavy atom. The molecule has 3 nitrogen and oxygen atoms in total. The highest BCUT2D eigenvalue weighted by Crippen LogP contribution is 2.19. The zero-order valence-corrected chi connectivity index (χ0v) is 11.5. The number of carbonyl (C=O) groups excluding carboxylic acids is 1. The van der Waals surface area contributed by atoms with Crippen molar-refractivity contribution in [3.63, 3.8) is 0 Å². The van der Waals surface area contributed by atoms with Crippen molar-refractivity contribution in [1.29, 1.82) is 0 Å². The van der Waals surface area contributed by atoms with Gasteiger partial charge >= 0.3 is 6.03 Å². The largest absolute Gasteiger partial charge is 0.322 e. The van der Waals surface area contributed by atoms with Gasteiger partial charge < -0.3 is 10.2 Å². The molecule has 0 bridgehead atoms. The zero-order chi connectivity index (χ0) is 13.1. The summed E-state index contributed by atoms with van der Waals surface area (Å²) in [4.78, 5) is 14.1. The van der Waals surface area contributed by atoms with Crippen LogP contribution in [0.4, 0.5) is 10.5 Å². The van der Waals surface area contributed by atoms with Crippen LogP contribution < -0.4 is 5.32 Å². The third-order valence-corrected chi connectivity index (χ3v) is 3.82. The van der Waals surface area contributed by atoms with E-state index >= 15 is 0 Å². The minimum absolute atomic E-state index is 0.0328. The molecule has 98 valence electrons. The first-order chi connectivity index (χ1) is 8.58. The van der Waals surface area contributed by atoms with Gasteiger partial charge in [0.25, 0.3) is 0 Å². The summed E-state index contributed by atoms with van der Waals surface area (Å²) in [5, 5.41) is 3.00. The van der Waals surface area contributed by atoms with Crippen LogP contribution in [0, 0.1) is 13.8 Å². The van der Waals surface area contributed by atoms with Crippen LogP contribution in [0.3, 0.4) is 0 Å². The van der Waals surface area contributed by atoms with E-state index in [1.807, 2.05) is 23.1 Å². The molecule has 1 heterocycles. The van der Waals surface area contributed by atoms with Crippen molar-refractivity contribution in [2.75, 3.05) is 11.9 Å². The average Bonchev–Trinajstić information content (AvgIpc) is 2.34. The molecule has 0 radical (unpaired) electrons. The second kappa shape index (κ2) is 5.42. The Morgan fingerprint density at radius 3 is 2.72 bits per heavy atom. The van der Waals surface area contributed by atoms with Crippen LogP contribution in [0.2, 0.25) is 0 Å². The first kappa shape index (κ1) is 12.9. The molecule has 0 spiro atoms. The summed E-state index contributed by atoms with van der Waals surface area (Å²) in [6.07, 6.45) is 3.46. The fourth-order valence-electron chi connectivity index (χ4n) is 2.41. The molecule has 1 unspecified atom stereocenters. The Labute approximate surface area is 109 Å². The first-order valence-electron chi connectivity index (χ1n) is 6.73. The maximum absolute atomic E-state index is 12.2. The highest BCUT2D eigenvalue weighted by Gasteiger charge is 2.22. The van der Waals surface area contributed by atoms with Gasteiger partial charge in [0.05, 0.1) is 0 Å². The number of nitrogens with one attached hydrogen (secondary N) is 1. The van der Waals surface area contributed by atoms with Gasteiger partial charge in [0.1, 0.15) is 0 Å². The van der Waals surface area contributed by atoms with Crippen molar-refractivity contribution >= 4 is 11.7 Å². The summed E-state index contributed by atoms with van der Waals surface area (Å²) < 4.78 is 0. The van der Waals surface area contributed by atoms with Gasteiger partial charge in [-0.2, -0.15) is 0 Å². The number of piperidine rings is 1. The number of anilines is 1. The fraction of sp³-hybridized carbons (Fsp3) is 0.533. The summed E-state index contributed by atoms with van der Waals surface area (Å²) in [7, 11) is 0. The number of rotatable bonds is 1. The molecular formula is C15H22N2O. The van der Waals surface area contributed by atoms with Crippen LogP contribution >= 0.6 is 0 Å². The predicted molar refractivity (Wildman–Crippen MR) is 75.0 cm³/mol. The third-order valence-electron chi connectivity index (χ3n) is 3.82. The summed E-state index contributed by atoms with van der Waals surface area (Å²) in [6, 6.07) is 6.43. The van der Waals surface area contributed by atoms with E-state index in [-0.39, 0.29) is 6.03 Å². The van der Waals surface area contributed by atoms with E-state index in [0.29, 0.717) is 6.04 Å². The molecule has 1 aliphatic heterocycles. The predicted octanol–water partition coefficient (Wildman–Crippen LogP) is 3.71. The van der Waals surface area contributed by atoms with Crippen molar-refractivity contribution in [2.24, 2.45) is 0 Å². The fourth-order valence-corrected chi connectivity index (χ4v) is 2.41. The number of urea groups is 1. The summed E-state index contributed by atoms with van der Waals surface area (Å²) in [5.41, 5.74) is 3.35. The smallest absolute Gasteiger partial charge is 0.322 e. The van der Waals surface area contributed by atoms with Crippen LogP contribution in [-0.4, -0.2) is 23.5 Å². The van der Waals surface area contributed by atoms with Crippen molar-refractivity contribution in [1.82, 2.24) is 4.90 Å². The van der Waals surface area contributed by atoms with E-state index in [2.05, 4.69) is 26.1 Å². The second-order valence-corrected chi connectivity index (χ2v) is 5.27. The lowest BCUT2D eigenvalue weighted by Gasteiger charge is -2.33. The third kappa shape index (κ3) is 2.84. The van der Waals surface area contributed by atoms with Gasteiger partial charge in [-0.1, -0.05) is 6.07 Å². The SMILES string of the molecule is Cc1ccc(NC(=O)N2CCCCC2C)cc1C. The Kier molecular flexibility index (Phi) is 3.90. The van der Waals surface area contributed by atoms with Gasteiger partial charge in [-0.15, -0.1) is 0 Å².